The first kappa shape index (κ1) is 17.0. The predicted molar refractivity (Wildman–Crippen MR) is 74.3 cm³/mol. The molecule has 0 saturated heterocycles. The van der Waals surface area contributed by atoms with Gasteiger partial charge in [-0.25, -0.2) is 4.79 Å². The van der Waals surface area contributed by atoms with Gasteiger partial charge < -0.3 is 9.47 Å². The second-order valence-corrected chi connectivity index (χ2v) is 4.53. The Morgan fingerprint density at radius 1 is 0.833 bits per heavy atom. The Labute approximate surface area is 112 Å². The van der Waals surface area contributed by atoms with Crippen molar-refractivity contribution in [3.05, 3.63) is 12.3 Å². The van der Waals surface area contributed by atoms with Crippen molar-refractivity contribution in [3.8, 4) is 0 Å². The van der Waals surface area contributed by atoms with Crippen molar-refractivity contribution in [2.45, 2.75) is 65.2 Å². The summed E-state index contributed by atoms with van der Waals surface area (Å²) in [6, 6.07) is 0. The van der Waals surface area contributed by atoms with Crippen LogP contribution in [0.25, 0.3) is 0 Å². The molecule has 0 unspecified atom stereocenters. The lowest BCUT2D eigenvalue weighted by Crippen LogP contribution is -2.11. The summed E-state index contributed by atoms with van der Waals surface area (Å²) in [4.78, 5) is 11.4. The van der Waals surface area contributed by atoms with E-state index in [2.05, 4.69) is 20.4 Å². The zero-order valence-corrected chi connectivity index (χ0v) is 12.0. The zero-order chi connectivity index (χ0) is 13.6. The summed E-state index contributed by atoms with van der Waals surface area (Å²) in [6.45, 7) is 8.93. The Morgan fingerprint density at radius 3 is 1.83 bits per heavy atom. The van der Waals surface area contributed by atoms with Crippen LogP contribution in [0, 0.1) is 0 Å². The number of carbonyl (C=O) groups excluding carboxylic acids is 1. The average Bonchev–Trinajstić information content (AvgIpc) is 2.37. The fraction of sp³-hybridized carbons (Fsp3) is 0.800. The molecule has 0 bridgehead atoms. The second kappa shape index (κ2) is 12.5. The van der Waals surface area contributed by atoms with Crippen LogP contribution in [0.4, 0.5) is 0 Å². The highest BCUT2D eigenvalue weighted by Crippen LogP contribution is 2.05. The van der Waals surface area contributed by atoms with Gasteiger partial charge in [0.2, 0.25) is 0 Å². The molecular weight excluding hydrogens is 228 g/mol. The minimum atomic E-state index is -0.415. The maximum atomic E-state index is 11.4. The highest BCUT2D eigenvalue weighted by Gasteiger charge is 2.09. The van der Waals surface area contributed by atoms with Gasteiger partial charge in [-0.2, -0.15) is 0 Å². The number of esters is 1. The Bertz CT molecular complexity index is 200. The lowest BCUT2D eigenvalue weighted by atomic mass is 10.2. The van der Waals surface area contributed by atoms with Gasteiger partial charge in [0, 0.05) is 0 Å². The van der Waals surface area contributed by atoms with E-state index in [4.69, 9.17) is 9.47 Å². The molecule has 0 aromatic rings. The fourth-order valence-electron chi connectivity index (χ4n) is 1.56. The van der Waals surface area contributed by atoms with E-state index < -0.39 is 5.97 Å². The maximum Gasteiger partial charge on any atom is 0.372 e. The summed E-state index contributed by atoms with van der Waals surface area (Å²) in [5.74, 6) is -0.274. The third-order valence-electron chi connectivity index (χ3n) is 2.73. The number of rotatable bonds is 12. The number of carbonyl (C=O) groups is 1. The van der Waals surface area contributed by atoms with Crippen LogP contribution in [0.5, 0.6) is 0 Å². The summed E-state index contributed by atoms with van der Waals surface area (Å²) in [5.41, 5.74) is 0. The highest BCUT2D eigenvalue weighted by molar-refractivity contribution is 5.85. The molecular formula is C15H28O3. The Morgan fingerprint density at radius 2 is 1.33 bits per heavy atom. The molecule has 0 rings (SSSR count). The van der Waals surface area contributed by atoms with Crippen molar-refractivity contribution in [2.75, 3.05) is 13.2 Å². The monoisotopic (exact) mass is 256 g/mol. The molecule has 0 aromatic heterocycles. The molecule has 3 nitrogen and oxygen atoms in total. The van der Waals surface area contributed by atoms with Gasteiger partial charge in [-0.15, -0.1) is 0 Å². The summed E-state index contributed by atoms with van der Waals surface area (Å²) >= 11 is 0. The summed E-state index contributed by atoms with van der Waals surface area (Å²) in [5, 5.41) is 0. The van der Waals surface area contributed by atoms with Crippen LogP contribution < -0.4 is 0 Å². The molecule has 0 N–H and O–H groups in total. The molecule has 0 fully saturated rings. The standard InChI is InChI=1S/C15H28O3/c1-4-6-8-10-12-17-14(3)15(16)18-13-11-9-7-5-2/h3-13H2,1-2H3. The molecule has 0 saturated carbocycles. The molecule has 0 heterocycles. The minimum Gasteiger partial charge on any atom is -0.487 e. The van der Waals surface area contributed by atoms with Crippen LogP contribution in [-0.2, 0) is 14.3 Å². The van der Waals surface area contributed by atoms with Gasteiger partial charge in [0.05, 0.1) is 13.2 Å². The number of ether oxygens (including phenoxy) is 2. The van der Waals surface area contributed by atoms with E-state index in [0.717, 1.165) is 25.7 Å². The third-order valence-corrected chi connectivity index (χ3v) is 2.73. The van der Waals surface area contributed by atoms with Crippen LogP contribution in [-0.4, -0.2) is 19.2 Å². The largest absolute Gasteiger partial charge is 0.487 e. The summed E-state index contributed by atoms with van der Waals surface area (Å²) < 4.78 is 10.3. The van der Waals surface area contributed by atoms with Crippen LogP contribution in [0.1, 0.15) is 65.2 Å². The molecule has 0 radical (unpaired) electrons. The van der Waals surface area contributed by atoms with Crippen LogP contribution in [0.15, 0.2) is 12.3 Å². The molecule has 0 spiro atoms. The minimum absolute atomic E-state index is 0.141. The lowest BCUT2D eigenvalue weighted by Gasteiger charge is -2.08. The predicted octanol–water partition coefficient (Wildman–Crippen LogP) is 4.22. The van der Waals surface area contributed by atoms with Crippen molar-refractivity contribution in [2.24, 2.45) is 0 Å². The van der Waals surface area contributed by atoms with Gasteiger partial charge >= 0.3 is 5.97 Å². The van der Waals surface area contributed by atoms with Gasteiger partial charge in [0.15, 0.2) is 5.76 Å². The van der Waals surface area contributed by atoms with E-state index in [0.29, 0.717) is 13.2 Å². The van der Waals surface area contributed by atoms with Gasteiger partial charge in [-0.05, 0) is 19.4 Å². The van der Waals surface area contributed by atoms with E-state index in [9.17, 15) is 4.79 Å². The molecule has 0 aliphatic rings. The van der Waals surface area contributed by atoms with E-state index in [-0.39, 0.29) is 5.76 Å². The summed E-state index contributed by atoms with van der Waals surface area (Å²) in [7, 11) is 0. The smallest absolute Gasteiger partial charge is 0.372 e. The molecule has 0 aromatic carbocycles. The average molecular weight is 256 g/mol. The SMILES string of the molecule is C=C(OCCCCCC)C(=O)OCCCCCC. The molecule has 0 amide bonds. The Kier molecular flexibility index (Phi) is 11.8. The van der Waals surface area contributed by atoms with Crippen molar-refractivity contribution < 1.29 is 14.3 Å². The van der Waals surface area contributed by atoms with Gasteiger partial charge in [-0.1, -0.05) is 52.4 Å². The van der Waals surface area contributed by atoms with Crippen molar-refractivity contribution in [3.63, 3.8) is 0 Å². The number of hydrogen-bond donors (Lipinski definition) is 0. The van der Waals surface area contributed by atoms with E-state index in [1.54, 1.807) is 0 Å². The van der Waals surface area contributed by atoms with E-state index >= 15 is 0 Å². The van der Waals surface area contributed by atoms with E-state index in [1.807, 2.05) is 0 Å². The zero-order valence-electron chi connectivity index (χ0n) is 12.0. The van der Waals surface area contributed by atoms with Gasteiger partial charge in [-0.3, -0.25) is 0 Å². The molecule has 18 heavy (non-hydrogen) atoms. The number of hydrogen-bond acceptors (Lipinski definition) is 3. The van der Waals surface area contributed by atoms with Gasteiger partial charge in [0.1, 0.15) is 0 Å². The Hall–Kier alpha value is -0.990. The van der Waals surface area contributed by atoms with Gasteiger partial charge in [0.25, 0.3) is 0 Å². The third kappa shape index (κ3) is 10.2. The molecule has 106 valence electrons. The van der Waals surface area contributed by atoms with E-state index in [1.165, 1.54) is 25.7 Å². The van der Waals surface area contributed by atoms with Crippen molar-refractivity contribution in [1.29, 1.82) is 0 Å². The Balaban J connectivity index is 3.43. The van der Waals surface area contributed by atoms with Crippen LogP contribution in [0.2, 0.25) is 0 Å². The molecule has 3 heteroatoms. The quantitative estimate of drug-likeness (QED) is 0.227. The first-order valence-corrected chi connectivity index (χ1v) is 7.21. The van der Waals surface area contributed by atoms with Crippen LogP contribution in [0.3, 0.4) is 0 Å². The highest BCUT2D eigenvalue weighted by atomic mass is 16.6. The molecule has 0 aliphatic carbocycles. The molecule has 0 aliphatic heterocycles. The van der Waals surface area contributed by atoms with Crippen LogP contribution >= 0.6 is 0 Å². The second-order valence-electron chi connectivity index (χ2n) is 4.53. The normalized spacial score (nSPS) is 10.1. The fourth-order valence-corrected chi connectivity index (χ4v) is 1.56. The topological polar surface area (TPSA) is 35.5 Å². The van der Waals surface area contributed by atoms with Crippen molar-refractivity contribution >= 4 is 5.97 Å². The van der Waals surface area contributed by atoms with Crippen molar-refractivity contribution in [1.82, 2.24) is 0 Å². The molecule has 0 atom stereocenters. The first-order chi connectivity index (χ1) is 8.72. The lowest BCUT2D eigenvalue weighted by molar-refractivity contribution is -0.143. The summed E-state index contributed by atoms with van der Waals surface area (Å²) in [6.07, 6.45) is 8.90. The number of unbranched alkanes of at least 4 members (excludes halogenated alkanes) is 6. The first-order valence-electron chi connectivity index (χ1n) is 7.21. The maximum absolute atomic E-state index is 11.4.